The number of nitrogens with two attached hydrogens (primary N) is 1. The number of carbonyl (C=O) groups is 1. The van der Waals surface area contributed by atoms with Crippen LogP contribution in [-0.4, -0.2) is 49.9 Å². The van der Waals surface area contributed by atoms with Gasteiger partial charge in [0.15, 0.2) is 0 Å². The zero-order chi connectivity index (χ0) is 24.6. The van der Waals surface area contributed by atoms with Gasteiger partial charge in [-0.1, -0.05) is 90.9 Å². The molecule has 8 nitrogen and oxygen atoms in total. The Hall–Kier alpha value is -0.500. The molecule has 0 rings (SSSR count). The molecule has 2 atom stereocenters. The maximum Gasteiger partial charge on any atom is 0.472 e. The SMILES string of the molecule is CCCCCCCCCCCCCCCOCC(COP(=O)(O)OCCN)OC(=O)CCC. The molecule has 0 spiro atoms. The third-order valence-electron chi connectivity index (χ3n) is 5.24. The fourth-order valence-electron chi connectivity index (χ4n) is 3.38. The molecular formula is C24H50NO7P. The van der Waals surface area contributed by atoms with Crippen molar-refractivity contribution in [2.45, 2.75) is 116 Å². The van der Waals surface area contributed by atoms with Crippen molar-refractivity contribution in [2.24, 2.45) is 5.73 Å². The first-order valence-corrected chi connectivity index (χ1v) is 14.5. The average molecular weight is 496 g/mol. The minimum absolute atomic E-state index is 0.0936. The van der Waals surface area contributed by atoms with Crippen LogP contribution in [0.4, 0.5) is 0 Å². The van der Waals surface area contributed by atoms with E-state index in [0.717, 1.165) is 12.8 Å². The maximum atomic E-state index is 11.8. The van der Waals surface area contributed by atoms with Crippen LogP contribution in [0.1, 0.15) is 110 Å². The lowest BCUT2D eigenvalue weighted by atomic mass is 10.0. The molecule has 0 aromatic heterocycles. The molecule has 0 saturated carbocycles. The van der Waals surface area contributed by atoms with E-state index in [1.165, 1.54) is 70.6 Å². The van der Waals surface area contributed by atoms with Gasteiger partial charge in [0.2, 0.25) is 0 Å². The van der Waals surface area contributed by atoms with Gasteiger partial charge >= 0.3 is 13.8 Å². The summed E-state index contributed by atoms with van der Waals surface area (Å²) >= 11 is 0. The van der Waals surface area contributed by atoms with E-state index in [9.17, 15) is 14.3 Å². The van der Waals surface area contributed by atoms with Crippen LogP contribution < -0.4 is 5.73 Å². The average Bonchev–Trinajstić information content (AvgIpc) is 2.78. The Kier molecular flexibility index (Phi) is 22.9. The van der Waals surface area contributed by atoms with Gasteiger partial charge in [-0.05, 0) is 12.8 Å². The summed E-state index contributed by atoms with van der Waals surface area (Å²) in [6.07, 6.45) is 16.9. The quantitative estimate of drug-likeness (QED) is 0.0913. The van der Waals surface area contributed by atoms with Crippen molar-refractivity contribution in [3.8, 4) is 0 Å². The monoisotopic (exact) mass is 495 g/mol. The van der Waals surface area contributed by atoms with Gasteiger partial charge in [-0.15, -0.1) is 0 Å². The van der Waals surface area contributed by atoms with Crippen LogP contribution in [0.25, 0.3) is 0 Å². The second-order valence-electron chi connectivity index (χ2n) is 8.57. The lowest BCUT2D eigenvalue weighted by Crippen LogP contribution is -2.28. The number of hydrogen-bond donors (Lipinski definition) is 2. The van der Waals surface area contributed by atoms with Gasteiger partial charge in [0.05, 0.1) is 19.8 Å². The van der Waals surface area contributed by atoms with E-state index < -0.39 is 13.9 Å². The topological polar surface area (TPSA) is 117 Å². The minimum atomic E-state index is -4.22. The number of carbonyl (C=O) groups excluding carboxylic acids is 1. The van der Waals surface area contributed by atoms with Crippen molar-refractivity contribution in [1.29, 1.82) is 0 Å². The highest BCUT2D eigenvalue weighted by Crippen LogP contribution is 2.43. The lowest BCUT2D eigenvalue weighted by Gasteiger charge is -2.19. The van der Waals surface area contributed by atoms with Gasteiger partial charge < -0.3 is 20.1 Å². The van der Waals surface area contributed by atoms with Crippen LogP contribution in [0, 0.1) is 0 Å². The summed E-state index contributed by atoms with van der Waals surface area (Å²) in [7, 11) is -4.22. The zero-order valence-corrected chi connectivity index (χ0v) is 22.0. The van der Waals surface area contributed by atoms with E-state index in [4.69, 9.17) is 24.3 Å². The fourth-order valence-corrected chi connectivity index (χ4v) is 4.15. The smallest absolute Gasteiger partial charge is 0.457 e. The van der Waals surface area contributed by atoms with Crippen molar-refractivity contribution >= 4 is 13.8 Å². The van der Waals surface area contributed by atoms with E-state index >= 15 is 0 Å². The summed E-state index contributed by atoms with van der Waals surface area (Å²) in [5, 5.41) is 0. The van der Waals surface area contributed by atoms with Gasteiger partial charge in [0, 0.05) is 19.6 Å². The summed E-state index contributed by atoms with van der Waals surface area (Å²) < 4.78 is 32.3. The highest BCUT2D eigenvalue weighted by atomic mass is 31.2. The number of esters is 1. The summed E-state index contributed by atoms with van der Waals surface area (Å²) in [6, 6.07) is 0. The highest BCUT2D eigenvalue weighted by Gasteiger charge is 2.24. The molecule has 0 saturated heterocycles. The number of unbranched alkanes of at least 4 members (excludes halogenated alkanes) is 12. The molecule has 2 unspecified atom stereocenters. The Bertz CT molecular complexity index is 493. The zero-order valence-electron chi connectivity index (χ0n) is 21.1. The van der Waals surface area contributed by atoms with Crippen LogP contribution in [0.15, 0.2) is 0 Å². The first-order valence-electron chi connectivity index (χ1n) is 13.0. The van der Waals surface area contributed by atoms with Gasteiger partial charge in [-0.25, -0.2) is 4.57 Å². The van der Waals surface area contributed by atoms with Crippen molar-refractivity contribution in [2.75, 3.05) is 33.0 Å². The molecule has 9 heteroatoms. The highest BCUT2D eigenvalue weighted by molar-refractivity contribution is 7.47. The van der Waals surface area contributed by atoms with Gasteiger partial charge in [-0.2, -0.15) is 0 Å². The third-order valence-corrected chi connectivity index (χ3v) is 6.23. The molecule has 0 amide bonds. The number of rotatable bonds is 25. The predicted octanol–water partition coefficient (Wildman–Crippen LogP) is 5.90. The molecule has 0 fully saturated rings. The number of phosphoric ester groups is 1. The number of hydrogen-bond acceptors (Lipinski definition) is 7. The summed E-state index contributed by atoms with van der Waals surface area (Å²) in [4.78, 5) is 21.4. The van der Waals surface area contributed by atoms with Gasteiger partial charge in [0.25, 0.3) is 0 Å². The molecule has 0 aliphatic rings. The van der Waals surface area contributed by atoms with Crippen LogP contribution in [0.5, 0.6) is 0 Å². The van der Waals surface area contributed by atoms with Crippen molar-refractivity contribution in [3.05, 3.63) is 0 Å². The number of phosphoric acid groups is 1. The Balaban J connectivity index is 3.85. The second kappa shape index (κ2) is 23.3. The van der Waals surface area contributed by atoms with E-state index in [2.05, 4.69) is 6.92 Å². The van der Waals surface area contributed by atoms with Gasteiger partial charge in [-0.3, -0.25) is 13.8 Å². The van der Waals surface area contributed by atoms with Crippen LogP contribution in [0.3, 0.4) is 0 Å². The second-order valence-corrected chi connectivity index (χ2v) is 10.0. The summed E-state index contributed by atoms with van der Waals surface area (Å²) in [5.74, 6) is -0.383. The van der Waals surface area contributed by atoms with E-state index in [1.54, 1.807) is 0 Å². The Morgan fingerprint density at radius 1 is 0.788 bits per heavy atom. The molecule has 0 aliphatic carbocycles. The lowest BCUT2D eigenvalue weighted by molar-refractivity contribution is -0.154. The predicted molar refractivity (Wildman–Crippen MR) is 132 cm³/mol. The Morgan fingerprint density at radius 2 is 1.33 bits per heavy atom. The third kappa shape index (κ3) is 23.0. The van der Waals surface area contributed by atoms with Crippen molar-refractivity contribution in [1.82, 2.24) is 0 Å². The Morgan fingerprint density at radius 3 is 1.85 bits per heavy atom. The molecule has 3 N–H and O–H groups in total. The number of ether oxygens (including phenoxy) is 2. The normalized spacial score (nSPS) is 14.2. The van der Waals surface area contributed by atoms with E-state index in [1.807, 2.05) is 6.92 Å². The molecule has 0 aliphatic heterocycles. The maximum absolute atomic E-state index is 11.8. The van der Waals surface area contributed by atoms with E-state index in [0.29, 0.717) is 13.0 Å². The molecular weight excluding hydrogens is 445 g/mol. The summed E-state index contributed by atoms with van der Waals surface area (Å²) in [5.41, 5.74) is 5.26. The van der Waals surface area contributed by atoms with Crippen LogP contribution >= 0.6 is 7.82 Å². The fraction of sp³-hybridized carbons (Fsp3) is 0.958. The molecule has 33 heavy (non-hydrogen) atoms. The molecule has 0 bridgehead atoms. The largest absolute Gasteiger partial charge is 0.472 e. The van der Waals surface area contributed by atoms with Crippen LogP contribution in [-0.2, 0) is 27.9 Å². The van der Waals surface area contributed by atoms with Crippen LogP contribution in [0.2, 0.25) is 0 Å². The molecule has 198 valence electrons. The molecule has 0 radical (unpaired) electrons. The van der Waals surface area contributed by atoms with Crippen molar-refractivity contribution in [3.63, 3.8) is 0 Å². The molecule has 0 heterocycles. The van der Waals surface area contributed by atoms with Gasteiger partial charge in [0.1, 0.15) is 6.10 Å². The minimum Gasteiger partial charge on any atom is -0.457 e. The standard InChI is InChI=1S/C24H50NO7P/c1-3-5-6-7-8-9-10-11-12-13-14-15-16-19-29-21-23(32-24(26)17-4-2)22-31-33(27,28)30-20-18-25/h23H,3-22,25H2,1-2H3,(H,27,28). The van der Waals surface area contributed by atoms with E-state index in [-0.39, 0.29) is 38.8 Å². The molecule has 0 aromatic rings. The first-order chi connectivity index (χ1) is 15.9. The molecule has 0 aromatic carbocycles. The first kappa shape index (κ1) is 32.5. The Labute approximate surface area is 201 Å². The summed E-state index contributed by atoms with van der Waals surface area (Å²) in [6.45, 7) is 4.54. The van der Waals surface area contributed by atoms with Crippen molar-refractivity contribution < 1.29 is 32.8 Å².